The highest BCUT2D eigenvalue weighted by Crippen LogP contribution is 2.39. The Bertz CT molecular complexity index is 491. The minimum Gasteiger partial charge on any atom is -0.311 e. The topological polar surface area (TPSA) is 24.9 Å². The van der Waals surface area contributed by atoms with Crippen molar-refractivity contribution in [3.05, 3.63) is 29.1 Å². The quantitative estimate of drug-likeness (QED) is 0.866. The van der Waals surface area contributed by atoms with Crippen LogP contribution in [0.5, 0.6) is 0 Å². The lowest BCUT2D eigenvalue weighted by Crippen LogP contribution is -2.37. The van der Waals surface area contributed by atoms with Gasteiger partial charge in [0.25, 0.3) is 0 Å². The Morgan fingerprint density at radius 1 is 1.29 bits per heavy atom. The summed E-state index contributed by atoms with van der Waals surface area (Å²) in [6, 6.07) is 2.63. The van der Waals surface area contributed by atoms with Gasteiger partial charge in [-0.1, -0.05) is 27.2 Å². The van der Waals surface area contributed by atoms with E-state index in [9.17, 15) is 13.2 Å². The molecule has 0 aromatic carbocycles. The van der Waals surface area contributed by atoms with Gasteiger partial charge in [0.2, 0.25) is 0 Å². The Labute approximate surface area is 124 Å². The third-order valence-electron chi connectivity index (χ3n) is 4.25. The van der Waals surface area contributed by atoms with Crippen LogP contribution in [-0.4, -0.2) is 11.5 Å². The molecule has 1 aromatic rings. The molecular formula is C16H23F3N2. The van der Waals surface area contributed by atoms with E-state index < -0.39 is 11.7 Å². The van der Waals surface area contributed by atoms with Gasteiger partial charge in [0.15, 0.2) is 0 Å². The van der Waals surface area contributed by atoms with E-state index >= 15 is 0 Å². The molecule has 0 unspecified atom stereocenters. The number of hydrogen-bond acceptors (Lipinski definition) is 2. The molecule has 118 valence electrons. The second-order valence-electron chi connectivity index (χ2n) is 6.66. The number of rotatable bonds is 5. The number of halogens is 3. The van der Waals surface area contributed by atoms with Crippen LogP contribution in [0.1, 0.15) is 62.9 Å². The molecule has 2 rings (SSSR count). The molecule has 0 atom stereocenters. The average molecular weight is 300 g/mol. The van der Waals surface area contributed by atoms with Gasteiger partial charge in [0.1, 0.15) is 0 Å². The normalized spacial score (nSPS) is 17.9. The van der Waals surface area contributed by atoms with Crippen molar-refractivity contribution in [3.8, 4) is 0 Å². The molecule has 1 aromatic heterocycles. The molecule has 1 fully saturated rings. The lowest BCUT2D eigenvalue weighted by atomic mass is 9.70. The van der Waals surface area contributed by atoms with Gasteiger partial charge in [-0.25, -0.2) is 0 Å². The third-order valence-corrected chi connectivity index (χ3v) is 4.25. The summed E-state index contributed by atoms with van der Waals surface area (Å²) in [7, 11) is 0. The molecule has 1 aliphatic rings. The second-order valence-corrected chi connectivity index (χ2v) is 6.66. The van der Waals surface area contributed by atoms with E-state index in [1.165, 1.54) is 25.3 Å². The molecule has 2 nitrogen and oxygen atoms in total. The average Bonchev–Trinajstić information content (AvgIpc) is 2.35. The van der Waals surface area contributed by atoms with Gasteiger partial charge < -0.3 is 5.32 Å². The van der Waals surface area contributed by atoms with Crippen molar-refractivity contribution in [2.24, 2.45) is 5.41 Å². The largest absolute Gasteiger partial charge is 0.418 e. The number of nitrogens with zero attached hydrogens (tertiary/aromatic N) is 1. The monoisotopic (exact) mass is 300 g/mol. The zero-order chi connectivity index (χ0) is 15.7. The van der Waals surface area contributed by atoms with E-state index in [1.807, 2.05) is 0 Å². The minimum absolute atomic E-state index is 0.136. The first-order valence-electron chi connectivity index (χ1n) is 7.49. The van der Waals surface area contributed by atoms with Crippen molar-refractivity contribution < 1.29 is 13.2 Å². The fraction of sp³-hybridized carbons (Fsp3) is 0.688. The van der Waals surface area contributed by atoms with Crippen molar-refractivity contribution in [2.45, 2.75) is 58.7 Å². The van der Waals surface area contributed by atoms with Crippen LogP contribution in [0.25, 0.3) is 0 Å². The first-order valence-corrected chi connectivity index (χ1v) is 7.49. The zero-order valence-electron chi connectivity index (χ0n) is 12.8. The van der Waals surface area contributed by atoms with Gasteiger partial charge in [-0.2, -0.15) is 13.2 Å². The zero-order valence-corrected chi connectivity index (χ0v) is 12.8. The van der Waals surface area contributed by atoms with Crippen LogP contribution < -0.4 is 5.32 Å². The molecule has 1 saturated carbocycles. The molecule has 21 heavy (non-hydrogen) atoms. The Morgan fingerprint density at radius 3 is 2.43 bits per heavy atom. The number of alkyl halides is 3. The maximum Gasteiger partial charge on any atom is 0.418 e. The van der Waals surface area contributed by atoms with Gasteiger partial charge in [-0.15, -0.1) is 0 Å². The van der Waals surface area contributed by atoms with Crippen LogP contribution >= 0.6 is 0 Å². The highest BCUT2D eigenvalue weighted by molar-refractivity contribution is 5.28. The third kappa shape index (κ3) is 3.96. The highest BCUT2D eigenvalue weighted by Gasteiger charge is 2.35. The molecule has 0 bridgehead atoms. The highest BCUT2D eigenvalue weighted by atomic mass is 19.4. The maximum absolute atomic E-state index is 12.9. The molecule has 1 aliphatic carbocycles. The van der Waals surface area contributed by atoms with E-state index in [0.717, 1.165) is 12.6 Å². The van der Waals surface area contributed by atoms with Crippen molar-refractivity contribution in [3.63, 3.8) is 0 Å². The van der Waals surface area contributed by atoms with Gasteiger partial charge >= 0.3 is 6.18 Å². The Morgan fingerprint density at radius 2 is 1.95 bits per heavy atom. The summed E-state index contributed by atoms with van der Waals surface area (Å²) in [5.41, 5.74) is 0.547. The number of pyridine rings is 1. The molecule has 1 heterocycles. The molecule has 0 radical (unpaired) electrons. The fourth-order valence-electron chi connectivity index (χ4n) is 2.74. The fourth-order valence-corrected chi connectivity index (χ4v) is 2.74. The summed E-state index contributed by atoms with van der Waals surface area (Å²) in [5.74, 6) is -0.245. The summed E-state index contributed by atoms with van der Waals surface area (Å²) >= 11 is 0. The van der Waals surface area contributed by atoms with Gasteiger partial charge in [0, 0.05) is 13.1 Å². The van der Waals surface area contributed by atoms with E-state index in [2.05, 4.69) is 17.2 Å². The predicted octanol–water partition coefficient (Wildman–Crippen LogP) is 4.50. The summed E-state index contributed by atoms with van der Waals surface area (Å²) in [6.45, 7) is 7.14. The van der Waals surface area contributed by atoms with Crippen LogP contribution in [0.2, 0.25) is 0 Å². The molecule has 0 saturated heterocycles. The van der Waals surface area contributed by atoms with Crippen LogP contribution in [0, 0.1) is 5.41 Å². The molecule has 0 amide bonds. The van der Waals surface area contributed by atoms with Gasteiger partial charge in [-0.05, 0) is 36.3 Å². The van der Waals surface area contributed by atoms with Crippen molar-refractivity contribution in [2.75, 3.05) is 6.54 Å². The van der Waals surface area contributed by atoms with Crippen molar-refractivity contribution in [1.29, 1.82) is 0 Å². The smallest absolute Gasteiger partial charge is 0.311 e. The van der Waals surface area contributed by atoms with Gasteiger partial charge in [-0.3, -0.25) is 4.98 Å². The lowest BCUT2D eigenvalue weighted by Gasteiger charge is -2.38. The Balaban J connectivity index is 2.05. The molecule has 1 N–H and O–H groups in total. The predicted molar refractivity (Wildman–Crippen MR) is 77.0 cm³/mol. The first-order chi connectivity index (χ1) is 9.71. The van der Waals surface area contributed by atoms with Crippen LogP contribution in [-0.2, 0) is 12.7 Å². The van der Waals surface area contributed by atoms with E-state index in [-0.39, 0.29) is 11.6 Å². The first kappa shape index (κ1) is 16.3. The molecule has 0 spiro atoms. The Kier molecular flexibility index (Phi) is 4.61. The second kappa shape index (κ2) is 5.95. The van der Waals surface area contributed by atoms with Crippen LogP contribution in [0.4, 0.5) is 13.2 Å². The van der Waals surface area contributed by atoms with Crippen LogP contribution in [0.15, 0.2) is 12.1 Å². The SMILES string of the molecule is CC(C)c1nc(CNCC2(C)CCC2)ccc1C(F)(F)F. The number of aromatic nitrogens is 1. The summed E-state index contributed by atoms with van der Waals surface area (Å²) in [6.07, 6.45) is -0.623. The lowest BCUT2D eigenvalue weighted by molar-refractivity contribution is -0.138. The van der Waals surface area contributed by atoms with E-state index in [4.69, 9.17) is 0 Å². The summed E-state index contributed by atoms with van der Waals surface area (Å²) in [5, 5.41) is 3.32. The van der Waals surface area contributed by atoms with Crippen LogP contribution in [0.3, 0.4) is 0 Å². The molecule has 0 aliphatic heterocycles. The molecular weight excluding hydrogens is 277 g/mol. The molecule has 5 heteroatoms. The number of nitrogens with one attached hydrogen (secondary N) is 1. The van der Waals surface area contributed by atoms with Gasteiger partial charge in [0.05, 0.1) is 17.0 Å². The van der Waals surface area contributed by atoms with Crippen molar-refractivity contribution in [1.82, 2.24) is 10.3 Å². The van der Waals surface area contributed by atoms with E-state index in [1.54, 1.807) is 13.8 Å². The Hall–Kier alpha value is -1.10. The van der Waals surface area contributed by atoms with Crippen molar-refractivity contribution >= 4 is 0 Å². The standard InChI is InChI=1S/C16H23F3N2/c1-11(2)14-13(16(17,18)19)6-5-12(21-14)9-20-10-15(3)7-4-8-15/h5-6,11,20H,4,7-10H2,1-3H3. The summed E-state index contributed by atoms with van der Waals surface area (Å²) in [4.78, 5) is 4.22. The summed E-state index contributed by atoms with van der Waals surface area (Å²) < 4.78 is 38.8. The maximum atomic E-state index is 12.9. The number of hydrogen-bond donors (Lipinski definition) is 1. The van der Waals surface area contributed by atoms with E-state index in [0.29, 0.717) is 17.7 Å². The minimum atomic E-state index is -4.34.